The van der Waals surface area contributed by atoms with Crippen LogP contribution in [0.1, 0.15) is 62.1 Å². The molecular weight excluding hydrogens is 424 g/mol. The second-order valence-corrected chi connectivity index (χ2v) is 11.3. The summed E-state index contributed by atoms with van der Waals surface area (Å²) in [4.78, 5) is 0. The van der Waals surface area contributed by atoms with E-state index in [9.17, 15) is 0 Å². The molecular formula is C34H34O. The Bertz CT molecular complexity index is 1540. The van der Waals surface area contributed by atoms with Crippen LogP contribution in [0.2, 0.25) is 0 Å². The Morgan fingerprint density at radius 1 is 0.686 bits per heavy atom. The number of aryl methyl sites for hydroxylation is 2. The average Bonchev–Trinajstić information content (AvgIpc) is 3.24. The average molecular weight is 459 g/mol. The van der Waals surface area contributed by atoms with Gasteiger partial charge >= 0.3 is 0 Å². The van der Waals surface area contributed by atoms with Crippen LogP contribution in [0, 0.1) is 19.3 Å². The number of rotatable bonds is 3. The van der Waals surface area contributed by atoms with E-state index in [-0.39, 0.29) is 0 Å². The van der Waals surface area contributed by atoms with Crippen molar-refractivity contribution in [3.05, 3.63) is 95.6 Å². The lowest BCUT2D eigenvalue weighted by Gasteiger charge is -2.34. The highest BCUT2D eigenvalue weighted by Crippen LogP contribution is 2.43. The quantitative estimate of drug-likeness (QED) is 0.262. The molecule has 1 heterocycles. The summed E-state index contributed by atoms with van der Waals surface area (Å²) >= 11 is 0. The molecule has 176 valence electrons. The minimum absolute atomic E-state index is 0.506. The Labute approximate surface area is 208 Å². The van der Waals surface area contributed by atoms with Gasteiger partial charge in [0.05, 0.1) is 0 Å². The maximum Gasteiger partial charge on any atom is 0.143 e. The first-order chi connectivity index (χ1) is 16.9. The van der Waals surface area contributed by atoms with Gasteiger partial charge in [0.2, 0.25) is 0 Å². The summed E-state index contributed by atoms with van der Waals surface area (Å²) in [7, 11) is 0. The summed E-state index contributed by atoms with van der Waals surface area (Å²) in [5.41, 5.74) is 11.6. The maximum atomic E-state index is 6.34. The van der Waals surface area contributed by atoms with Gasteiger partial charge in [-0.2, -0.15) is 0 Å². The fourth-order valence-corrected chi connectivity index (χ4v) is 6.03. The van der Waals surface area contributed by atoms with E-state index in [1.165, 1.54) is 69.8 Å². The van der Waals surface area contributed by atoms with Gasteiger partial charge in [0.15, 0.2) is 0 Å². The summed E-state index contributed by atoms with van der Waals surface area (Å²) in [5.74, 6) is 0.703. The molecule has 1 aliphatic rings. The molecule has 0 spiro atoms. The van der Waals surface area contributed by atoms with Crippen LogP contribution in [0.25, 0.3) is 44.2 Å². The summed E-state index contributed by atoms with van der Waals surface area (Å²) < 4.78 is 6.34. The Hall–Kier alpha value is -3.32. The normalized spacial score (nSPS) is 16.2. The number of benzene rings is 4. The van der Waals surface area contributed by atoms with Gasteiger partial charge < -0.3 is 4.42 Å². The first-order valence-electron chi connectivity index (χ1n) is 13.0. The van der Waals surface area contributed by atoms with Crippen LogP contribution >= 0.6 is 0 Å². The van der Waals surface area contributed by atoms with E-state index < -0.39 is 0 Å². The van der Waals surface area contributed by atoms with Gasteiger partial charge in [-0.1, -0.05) is 80.6 Å². The van der Waals surface area contributed by atoms with E-state index in [2.05, 4.69) is 100 Å². The molecule has 5 aromatic rings. The molecule has 1 saturated carbocycles. The molecule has 1 heteroatoms. The molecule has 0 atom stereocenters. The van der Waals surface area contributed by atoms with Crippen molar-refractivity contribution < 1.29 is 4.42 Å². The number of fused-ring (bicyclic) bond motifs is 3. The SMILES string of the molecule is Cc1cc(C2CCC(C)(C)CC2)ccc1-c1cc(-c2cccc3c2oc2ccccc23)ccc1C. The molecule has 1 fully saturated rings. The first-order valence-corrected chi connectivity index (χ1v) is 13.0. The lowest BCUT2D eigenvalue weighted by atomic mass is 9.71. The van der Waals surface area contributed by atoms with Crippen molar-refractivity contribution in [1.29, 1.82) is 0 Å². The molecule has 4 aromatic carbocycles. The van der Waals surface area contributed by atoms with Crippen molar-refractivity contribution in [2.75, 3.05) is 0 Å². The van der Waals surface area contributed by atoms with E-state index in [0.717, 1.165) is 16.7 Å². The minimum atomic E-state index is 0.506. The molecule has 1 aromatic heterocycles. The summed E-state index contributed by atoms with van der Waals surface area (Å²) in [6.45, 7) is 9.33. The van der Waals surface area contributed by atoms with Gasteiger partial charge in [0.1, 0.15) is 11.2 Å². The van der Waals surface area contributed by atoms with Crippen molar-refractivity contribution in [1.82, 2.24) is 0 Å². The molecule has 0 unspecified atom stereocenters. The van der Waals surface area contributed by atoms with Crippen molar-refractivity contribution in [3.8, 4) is 22.3 Å². The van der Waals surface area contributed by atoms with Crippen molar-refractivity contribution in [2.24, 2.45) is 5.41 Å². The molecule has 0 radical (unpaired) electrons. The molecule has 0 bridgehead atoms. The van der Waals surface area contributed by atoms with Crippen LogP contribution in [-0.2, 0) is 0 Å². The maximum absolute atomic E-state index is 6.34. The Morgan fingerprint density at radius 2 is 1.46 bits per heavy atom. The predicted octanol–water partition coefficient (Wildman–Crippen LogP) is 10.2. The highest BCUT2D eigenvalue weighted by atomic mass is 16.3. The molecule has 1 aliphatic carbocycles. The monoisotopic (exact) mass is 458 g/mol. The third-order valence-electron chi connectivity index (χ3n) is 8.30. The van der Waals surface area contributed by atoms with Gasteiger partial charge in [-0.05, 0) is 96.4 Å². The lowest BCUT2D eigenvalue weighted by Crippen LogP contribution is -2.20. The number of hydrogen-bond donors (Lipinski definition) is 0. The molecule has 0 N–H and O–H groups in total. The minimum Gasteiger partial charge on any atom is -0.455 e. The Morgan fingerprint density at radius 3 is 2.26 bits per heavy atom. The van der Waals surface area contributed by atoms with Crippen molar-refractivity contribution >= 4 is 21.9 Å². The van der Waals surface area contributed by atoms with Crippen LogP contribution in [0.4, 0.5) is 0 Å². The zero-order valence-corrected chi connectivity index (χ0v) is 21.3. The summed E-state index contributed by atoms with van der Waals surface area (Å²) in [6.07, 6.45) is 5.27. The van der Waals surface area contributed by atoms with Crippen LogP contribution in [0.15, 0.2) is 83.3 Å². The van der Waals surface area contributed by atoms with E-state index in [1.807, 2.05) is 6.07 Å². The van der Waals surface area contributed by atoms with E-state index in [0.29, 0.717) is 11.3 Å². The first kappa shape index (κ1) is 22.2. The van der Waals surface area contributed by atoms with E-state index >= 15 is 0 Å². The van der Waals surface area contributed by atoms with Gasteiger partial charge in [0.25, 0.3) is 0 Å². The van der Waals surface area contributed by atoms with Crippen LogP contribution in [0.3, 0.4) is 0 Å². The molecule has 0 amide bonds. The molecule has 0 aliphatic heterocycles. The summed E-state index contributed by atoms with van der Waals surface area (Å²) in [5, 5.41) is 2.35. The third kappa shape index (κ3) is 3.97. The van der Waals surface area contributed by atoms with Crippen molar-refractivity contribution in [2.45, 2.75) is 59.3 Å². The smallest absolute Gasteiger partial charge is 0.143 e. The fourth-order valence-electron chi connectivity index (χ4n) is 6.03. The Kier molecular flexibility index (Phi) is 5.33. The fraction of sp³-hybridized carbons (Fsp3) is 0.294. The topological polar surface area (TPSA) is 13.1 Å². The molecule has 35 heavy (non-hydrogen) atoms. The zero-order chi connectivity index (χ0) is 24.2. The van der Waals surface area contributed by atoms with Crippen LogP contribution in [-0.4, -0.2) is 0 Å². The number of hydrogen-bond acceptors (Lipinski definition) is 1. The zero-order valence-electron chi connectivity index (χ0n) is 21.3. The standard InChI is InChI=1S/C34H34O/c1-22-12-13-26(28-9-7-10-30-29-8-5-6-11-32(29)35-33(28)30)21-31(22)27-15-14-25(20-23(27)2)24-16-18-34(3,4)19-17-24/h5-15,20-21,24H,16-19H2,1-4H3. The van der Waals surface area contributed by atoms with Crippen LogP contribution in [0.5, 0.6) is 0 Å². The Balaban J connectivity index is 1.39. The highest BCUT2D eigenvalue weighted by molar-refractivity contribution is 6.09. The van der Waals surface area contributed by atoms with Gasteiger partial charge in [-0.25, -0.2) is 0 Å². The van der Waals surface area contributed by atoms with E-state index in [4.69, 9.17) is 4.42 Å². The predicted molar refractivity (Wildman–Crippen MR) is 149 cm³/mol. The van der Waals surface area contributed by atoms with E-state index in [1.54, 1.807) is 0 Å². The third-order valence-corrected chi connectivity index (χ3v) is 8.30. The second-order valence-electron chi connectivity index (χ2n) is 11.3. The van der Waals surface area contributed by atoms with Gasteiger partial charge in [-0.15, -0.1) is 0 Å². The van der Waals surface area contributed by atoms with Crippen molar-refractivity contribution in [3.63, 3.8) is 0 Å². The van der Waals surface area contributed by atoms with Gasteiger partial charge in [-0.3, -0.25) is 0 Å². The largest absolute Gasteiger partial charge is 0.455 e. The highest BCUT2D eigenvalue weighted by Gasteiger charge is 2.27. The number of para-hydroxylation sites is 2. The van der Waals surface area contributed by atoms with Crippen LogP contribution < -0.4 is 0 Å². The summed E-state index contributed by atoms with van der Waals surface area (Å²) in [6, 6.07) is 28.8. The van der Waals surface area contributed by atoms with Gasteiger partial charge in [0, 0.05) is 16.3 Å². The molecule has 0 saturated heterocycles. The number of furan rings is 1. The molecule has 1 nitrogen and oxygen atoms in total. The molecule has 6 rings (SSSR count). The second kappa shape index (κ2) is 8.41. The lowest BCUT2D eigenvalue weighted by molar-refractivity contribution is 0.224.